The first-order chi connectivity index (χ1) is 12.5. The van der Waals surface area contributed by atoms with Crippen molar-refractivity contribution in [3.8, 4) is 0 Å². The average molecular weight is 369 g/mol. The summed E-state index contributed by atoms with van der Waals surface area (Å²) < 4.78 is 4.68. The fourth-order valence-corrected chi connectivity index (χ4v) is 2.83. The Morgan fingerprint density at radius 2 is 1.88 bits per heavy atom. The molecule has 26 heavy (non-hydrogen) atoms. The number of hydrogen-bond acceptors (Lipinski definition) is 4. The van der Waals surface area contributed by atoms with Crippen LogP contribution in [0.15, 0.2) is 59.2 Å². The molecule has 2 aromatic carbocycles. The molecule has 0 aliphatic carbocycles. The van der Waals surface area contributed by atoms with Gasteiger partial charge in [0.25, 0.3) is 5.91 Å². The molecule has 1 heterocycles. The summed E-state index contributed by atoms with van der Waals surface area (Å²) >= 11 is 6.17. The van der Waals surface area contributed by atoms with Gasteiger partial charge in [0.1, 0.15) is 0 Å². The fourth-order valence-electron chi connectivity index (χ4n) is 2.64. The van der Waals surface area contributed by atoms with Gasteiger partial charge in [-0.2, -0.15) is 5.10 Å². The maximum absolute atomic E-state index is 12.7. The van der Waals surface area contributed by atoms with Gasteiger partial charge in [-0.3, -0.25) is 4.79 Å². The lowest BCUT2D eigenvalue weighted by Crippen LogP contribution is -2.21. The van der Waals surface area contributed by atoms with Gasteiger partial charge in [0.05, 0.1) is 30.5 Å². The Hall–Kier alpha value is -2.92. The van der Waals surface area contributed by atoms with E-state index in [9.17, 15) is 9.59 Å². The highest BCUT2D eigenvalue weighted by Gasteiger charge is 2.27. The monoisotopic (exact) mass is 368 g/mol. The van der Waals surface area contributed by atoms with Crippen LogP contribution in [0.5, 0.6) is 0 Å². The molecule has 0 saturated carbocycles. The summed E-state index contributed by atoms with van der Waals surface area (Å²) in [4.78, 5) is 24.2. The summed E-state index contributed by atoms with van der Waals surface area (Å²) in [6.45, 7) is 2.10. The van der Waals surface area contributed by atoms with E-state index in [1.54, 1.807) is 43.3 Å². The second-order valence-electron chi connectivity index (χ2n) is 5.81. The molecule has 1 aliphatic heterocycles. The van der Waals surface area contributed by atoms with Crippen molar-refractivity contribution in [3.05, 3.63) is 75.8 Å². The van der Waals surface area contributed by atoms with Crippen LogP contribution in [0.4, 0.5) is 0 Å². The second-order valence-corrected chi connectivity index (χ2v) is 6.22. The van der Waals surface area contributed by atoms with Gasteiger partial charge in [-0.15, -0.1) is 0 Å². The molecule has 0 aromatic heterocycles. The number of hydrogen-bond donors (Lipinski definition) is 0. The Kier molecular flexibility index (Phi) is 5.19. The maximum Gasteiger partial charge on any atom is 0.337 e. The zero-order chi connectivity index (χ0) is 18.7. The number of benzene rings is 2. The van der Waals surface area contributed by atoms with Crippen LogP contribution in [0.2, 0.25) is 5.02 Å². The predicted octanol–water partition coefficient (Wildman–Crippen LogP) is 3.93. The minimum absolute atomic E-state index is 0.181. The second kappa shape index (κ2) is 7.54. The highest BCUT2D eigenvalue weighted by atomic mass is 35.5. The summed E-state index contributed by atoms with van der Waals surface area (Å²) in [6, 6.07) is 14.2. The first-order valence-electron chi connectivity index (χ1n) is 8.00. The third-order valence-corrected chi connectivity index (χ3v) is 4.41. The number of amides is 1. The van der Waals surface area contributed by atoms with E-state index in [1.165, 1.54) is 12.1 Å². The average Bonchev–Trinajstić information content (AvgIpc) is 2.91. The standard InChI is InChI=1S/C20H17ClN2O3/c1-13-17(11-14-7-9-15(10-8-14)20(25)26-2)19(24)23(22-13)12-16-5-3-4-6-18(16)21/h3-11H,12H2,1-2H3/b17-11-. The van der Waals surface area contributed by atoms with Crippen LogP contribution in [0, 0.1) is 0 Å². The molecular formula is C20H17ClN2O3. The van der Waals surface area contributed by atoms with Crippen LogP contribution in [0.3, 0.4) is 0 Å². The van der Waals surface area contributed by atoms with Gasteiger partial charge >= 0.3 is 5.97 Å². The molecular weight excluding hydrogens is 352 g/mol. The van der Waals surface area contributed by atoms with Crippen LogP contribution < -0.4 is 0 Å². The van der Waals surface area contributed by atoms with E-state index in [-0.39, 0.29) is 5.91 Å². The smallest absolute Gasteiger partial charge is 0.337 e. The van der Waals surface area contributed by atoms with Crippen molar-refractivity contribution in [1.29, 1.82) is 0 Å². The van der Waals surface area contributed by atoms with Gasteiger partial charge in [-0.25, -0.2) is 9.80 Å². The minimum atomic E-state index is -0.398. The molecule has 0 radical (unpaired) electrons. The van der Waals surface area contributed by atoms with Gasteiger partial charge in [0.15, 0.2) is 0 Å². The molecule has 0 unspecified atom stereocenters. The summed E-state index contributed by atoms with van der Waals surface area (Å²) in [5.41, 5.74) is 3.25. The lowest BCUT2D eigenvalue weighted by molar-refractivity contribution is -0.126. The number of rotatable bonds is 4. The number of methoxy groups -OCH3 is 1. The van der Waals surface area contributed by atoms with E-state index in [0.717, 1.165) is 11.1 Å². The van der Waals surface area contributed by atoms with E-state index in [4.69, 9.17) is 11.6 Å². The normalized spacial score (nSPS) is 15.3. The molecule has 0 saturated heterocycles. The first-order valence-corrected chi connectivity index (χ1v) is 8.38. The number of carbonyl (C=O) groups excluding carboxylic acids is 2. The van der Waals surface area contributed by atoms with Crippen LogP contribution in [0.25, 0.3) is 6.08 Å². The SMILES string of the molecule is COC(=O)c1ccc(/C=C2\C(=O)N(Cc3ccccc3Cl)N=C2C)cc1. The zero-order valence-electron chi connectivity index (χ0n) is 14.4. The van der Waals surface area contributed by atoms with Crippen molar-refractivity contribution in [2.75, 3.05) is 7.11 Å². The number of nitrogens with zero attached hydrogens (tertiary/aromatic N) is 2. The lowest BCUT2D eigenvalue weighted by atomic mass is 10.1. The van der Waals surface area contributed by atoms with E-state index in [1.807, 2.05) is 18.2 Å². The van der Waals surface area contributed by atoms with Gasteiger partial charge < -0.3 is 4.74 Å². The van der Waals surface area contributed by atoms with Crippen LogP contribution >= 0.6 is 11.6 Å². The molecule has 0 N–H and O–H groups in total. The Labute approximate surface area is 156 Å². The van der Waals surface area contributed by atoms with Crippen molar-refractivity contribution in [3.63, 3.8) is 0 Å². The van der Waals surface area contributed by atoms with Crippen molar-refractivity contribution >= 4 is 35.3 Å². The van der Waals surface area contributed by atoms with Crippen molar-refractivity contribution < 1.29 is 14.3 Å². The molecule has 6 heteroatoms. The summed E-state index contributed by atoms with van der Waals surface area (Å²) in [5, 5.41) is 6.35. The number of carbonyl (C=O) groups is 2. The highest BCUT2D eigenvalue weighted by molar-refractivity contribution is 6.31. The predicted molar refractivity (Wildman–Crippen MR) is 101 cm³/mol. The van der Waals surface area contributed by atoms with Crippen molar-refractivity contribution in [2.24, 2.45) is 5.10 Å². The summed E-state index contributed by atoms with van der Waals surface area (Å²) in [6.07, 6.45) is 1.76. The van der Waals surface area contributed by atoms with E-state index >= 15 is 0 Å². The molecule has 132 valence electrons. The van der Waals surface area contributed by atoms with Crippen molar-refractivity contribution in [1.82, 2.24) is 5.01 Å². The largest absolute Gasteiger partial charge is 0.465 e. The van der Waals surface area contributed by atoms with E-state index < -0.39 is 5.97 Å². The number of ether oxygens (including phenoxy) is 1. The van der Waals surface area contributed by atoms with Gasteiger partial charge in [-0.05, 0) is 42.3 Å². The number of esters is 1. The number of hydrazone groups is 1. The molecule has 0 spiro atoms. The van der Waals surface area contributed by atoms with E-state index in [2.05, 4.69) is 9.84 Å². The first kappa shape index (κ1) is 17.9. The summed E-state index contributed by atoms with van der Waals surface area (Å²) in [7, 11) is 1.34. The Morgan fingerprint density at radius 3 is 2.54 bits per heavy atom. The molecule has 3 rings (SSSR count). The topological polar surface area (TPSA) is 59.0 Å². The highest BCUT2D eigenvalue weighted by Crippen LogP contribution is 2.23. The number of halogens is 1. The molecule has 2 aromatic rings. The molecule has 0 atom stereocenters. The van der Waals surface area contributed by atoms with Gasteiger partial charge in [0.2, 0.25) is 0 Å². The quantitative estimate of drug-likeness (QED) is 0.607. The van der Waals surface area contributed by atoms with Crippen LogP contribution in [-0.4, -0.2) is 29.7 Å². The van der Waals surface area contributed by atoms with Gasteiger partial charge in [0, 0.05) is 5.02 Å². The Balaban J connectivity index is 1.80. The molecule has 1 aliphatic rings. The van der Waals surface area contributed by atoms with Crippen molar-refractivity contribution in [2.45, 2.75) is 13.5 Å². The molecule has 0 bridgehead atoms. The Bertz CT molecular complexity index is 917. The lowest BCUT2D eigenvalue weighted by Gasteiger charge is -2.12. The maximum atomic E-state index is 12.7. The van der Waals surface area contributed by atoms with Crippen LogP contribution in [0.1, 0.15) is 28.4 Å². The Morgan fingerprint density at radius 1 is 1.19 bits per heavy atom. The third kappa shape index (κ3) is 3.68. The molecule has 1 amide bonds. The third-order valence-electron chi connectivity index (χ3n) is 4.05. The van der Waals surface area contributed by atoms with Crippen LogP contribution in [-0.2, 0) is 16.1 Å². The fraction of sp³-hybridized carbons (Fsp3) is 0.150. The zero-order valence-corrected chi connectivity index (χ0v) is 15.2. The van der Waals surface area contributed by atoms with E-state index in [0.29, 0.717) is 28.4 Å². The molecule has 0 fully saturated rings. The minimum Gasteiger partial charge on any atom is -0.465 e. The summed E-state index contributed by atoms with van der Waals surface area (Å²) in [5.74, 6) is -0.579. The molecule has 5 nitrogen and oxygen atoms in total. The van der Waals surface area contributed by atoms with Gasteiger partial charge in [-0.1, -0.05) is 41.9 Å².